The van der Waals surface area contributed by atoms with Crippen molar-refractivity contribution in [2.75, 3.05) is 41.4 Å². The number of benzene rings is 1. The molecule has 350 valence electrons. The molecule has 1 fully saturated rings. The summed E-state index contributed by atoms with van der Waals surface area (Å²) in [5.74, 6) is -5.63. The number of likely N-dealkylation sites (tertiary alicyclic amines) is 1. The highest BCUT2D eigenvalue weighted by molar-refractivity contribution is 6.12. The number of nitrogens with one attached hydrogen (secondary N) is 2. The third kappa shape index (κ3) is 13.3. The van der Waals surface area contributed by atoms with Crippen molar-refractivity contribution in [3.05, 3.63) is 48.0 Å². The van der Waals surface area contributed by atoms with E-state index in [9.17, 15) is 43.5 Å². The molecule has 0 aromatic heterocycles. The second-order valence-electron chi connectivity index (χ2n) is 17.7. The smallest absolute Gasteiger partial charge is 0.326 e. The SMILES string of the molecule is CC[C@H](C)[C@@H]([C@@H](CC(=O)N1CCC[C@H]1[C@H](OC)[C@@H](C)C(=O)N[C@@H](Cc1ccccc1)C(=O)O)OC)N(C)[C@H](C(=O)NC(=O)C(C)(C)N(C)C(=O)CCCN1C(=O)C=CC1=O)C(C)C. The van der Waals surface area contributed by atoms with Gasteiger partial charge in [0.2, 0.25) is 23.6 Å². The molecule has 17 nitrogen and oxygen atoms in total. The summed E-state index contributed by atoms with van der Waals surface area (Å²) in [4.78, 5) is 111. The van der Waals surface area contributed by atoms with Crippen LogP contribution in [0.2, 0.25) is 0 Å². The number of amides is 7. The van der Waals surface area contributed by atoms with Crippen LogP contribution in [-0.2, 0) is 54.3 Å². The van der Waals surface area contributed by atoms with Crippen LogP contribution in [0.1, 0.15) is 92.6 Å². The number of aliphatic carboxylic acids is 1. The third-order valence-corrected chi connectivity index (χ3v) is 12.8. The van der Waals surface area contributed by atoms with E-state index in [0.29, 0.717) is 25.8 Å². The van der Waals surface area contributed by atoms with Crippen molar-refractivity contribution in [3.63, 3.8) is 0 Å². The lowest BCUT2D eigenvalue weighted by Gasteiger charge is -2.43. The standard InChI is InChI=1S/C46H70N6O11/c1-12-29(4)40(49(8)39(28(2)3)43(58)48-45(61)46(6,7)50(9)35(53)21-17-25-52-36(54)22-23-37(52)55)34(62-10)27-38(56)51-24-16-20-33(51)41(63-11)30(5)42(57)47-32(44(59)60)26-31-18-14-13-15-19-31/h13-15,18-19,22-23,28-30,32-34,39-41H,12,16-17,20-21,24-27H2,1-11H3,(H,47,57)(H,59,60)(H,48,58,61)/t29-,30+,32-,33-,34+,39-,40-,41+/m0/s1. The number of nitrogens with zero attached hydrogens (tertiary/aromatic N) is 4. The molecule has 0 saturated carbocycles. The number of carboxylic acid groups (broad SMARTS) is 1. The molecule has 17 heteroatoms. The lowest BCUT2D eigenvalue weighted by molar-refractivity contribution is -0.148. The van der Waals surface area contributed by atoms with Crippen molar-refractivity contribution in [1.29, 1.82) is 0 Å². The second kappa shape index (κ2) is 23.6. The monoisotopic (exact) mass is 883 g/mol. The van der Waals surface area contributed by atoms with Crippen molar-refractivity contribution in [1.82, 2.24) is 30.2 Å². The van der Waals surface area contributed by atoms with Crippen LogP contribution in [0.25, 0.3) is 0 Å². The summed E-state index contributed by atoms with van der Waals surface area (Å²) in [6.07, 6.45) is 3.05. The van der Waals surface area contributed by atoms with Gasteiger partial charge in [-0.2, -0.15) is 0 Å². The minimum absolute atomic E-state index is 0.0374. The Kier molecular flexibility index (Phi) is 19.6. The summed E-state index contributed by atoms with van der Waals surface area (Å²) in [6.45, 7) is 12.9. The van der Waals surface area contributed by atoms with Crippen LogP contribution in [0.4, 0.5) is 0 Å². The normalized spacial score (nSPS) is 18.8. The number of carboxylic acids is 1. The average Bonchev–Trinajstić information content (AvgIpc) is 3.85. The maximum atomic E-state index is 14.3. The number of methoxy groups -OCH3 is 2. The van der Waals surface area contributed by atoms with Crippen LogP contribution in [0.3, 0.4) is 0 Å². The lowest BCUT2D eigenvalue weighted by Crippen LogP contribution is -2.62. The molecular weight excluding hydrogens is 813 g/mol. The van der Waals surface area contributed by atoms with Gasteiger partial charge < -0.3 is 29.7 Å². The van der Waals surface area contributed by atoms with Gasteiger partial charge in [-0.15, -0.1) is 0 Å². The molecule has 8 atom stereocenters. The number of ether oxygens (including phenoxy) is 2. The first kappa shape index (κ1) is 52.3. The highest BCUT2D eigenvalue weighted by atomic mass is 16.5. The fraction of sp³-hybridized carbons (Fsp3) is 0.652. The Balaban J connectivity index is 1.73. The Morgan fingerprint density at radius 3 is 2.10 bits per heavy atom. The predicted octanol–water partition coefficient (Wildman–Crippen LogP) is 2.80. The van der Waals surface area contributed by atoms with Gasteiger partial charge in [-0.25, -0.2) is 4.79 Å². The molecule has 2 aliphatic rings. The predicted molar refractivity (Wildman–Crippen MR) is 235 cm³/mol. The molecule has 1 saturated heterocycles. The summed E-state index contributed by atoms with van der Waals surface area (Å²) in [6, 6.07) is 6.07. The average molecular weight is 883 g/mol. The first-order chi connectivity index (χ1) is 29.6. The molecule has 2 heterocycles. The summed E-state index contributed by atoms with van der Waals surface area (Å²) in [5.41, 5.74) is -0.687. The van der Waals surface area contributed by atoms with Gasteiger partial charge in [0.05, 0.1) is 36.6 Å². The molecule has 0 spiro atoms. The molecule has 3 rings (SSSR count). The van der Waals surface area contributed by atoms with E-state index in [0.717, 1.165) is 10.5 Å². The summed E-state index contributed by atoms with van der Waals surface area (Å²) in [7, 11) is 6.22. The number of likely N-dealkylation sites (N-methyl/N-ethyl adjacent to an activating group) is 2. The molecule has 7 amide bonds. The molecule has 63 heavy (non-hydrogen) atoms. The first-order valence-electron chi connectivity index (χ1n) is 21.9. The third-order valence-electron chi connectivity index (χ3n) is 12.8. The largest absolute Gasteiger partial charge is 0.480 e. The van der Waals surface area contributed by atoms with Gasteiger partial charge in [-0.05, 0) is 57.6 Å². The number of hydrogen-bond acceptors (Lipinski definition) is 11. The van der Waals surface area contributed by atoms with Crippen molar-refractivity contribution < 1.29 is 52.9 Å². The maximum Gasteiger partial charge on any atom is 0.326 e. The van der Waals surface area contributed by atoms with Crippen molar-refractivity contribution in [3.8, 4) is 0 Å². The molecule has 0 aliphatic carbocycles. The molecule has 1 aromatic carbocycles. The maximum absolute atomic E-state index is 14.3. The Hall–Kier alpha value is -5.00. The van der Waals surface area contributed by atoms with Gasteiger partial charge in [-0.3, -0.25) is 48.7 Å². The number of carbonyl (C=O) groups excluding carboxylic acids is 7. The number of carbonyl (C=O) groups is 8. The Bertz CT molecular complexity index is 1800. The Morgan fingerprint density at radius 2 is 1.56 bits per heavy atom. The van der Waals surface area contributed by atoms with Crippen LogP contribution in [0.15, 0.2) is 42.5 Å². The van der Waals surface area contributed by atoms with Gasteiger partial charge in [0.1, 0.15) is 11.6 Å². The Morgan fingerprint density at radius 1 is 0.937 bits per heavy atom. The van der Waals surface area contributed by atoms with E-state index in [2.05, 4.69) is 10.6 Å². The van der Waals surface area contributed by atoms with Gasteiger partial charge in [-0.1, -0.05) is 71.4 Å². The molecule has 1 aromatic rings. The highest BCUT2D eigenvalue weighted by Gasteiger charge is 2.45. The zero-order valence-corrected chi connectivity index (χ0v) is 38.9. The van der Waals surface area contributed by atoms with E-state index in [1.165, 1.54) is 52.2 Å². The van der Waals surface area contributed by atoms with Gasteiger partial charge in [0.15, 0.2) is 0 Å². The quantitative estimate of drug-likeness (QED) is 0.128. The van der Waals surface area contributed by atoms with Crippen LogP contribution in [0.5, 0.6) is 0 Å². The Labute approximate surface area is 372 Å². The highest BCUT2D eigenvalue weighted by Crippen LogP contribution is 2.31. The summed E-state index contributed by atoms with van der Waals surface area (Å²) < 4.78 is 11.9. The van der Waals surface area contributed by atoms with Gasteiger partial charge >= 0.3 is 5.97 Å². The minimum atomic E-state index is -1.45. The lowest BCUT2D eigenvalue weighted by atomic mass is 9.87. The fourth-order valence-corrected chi connectivity index (χ4v) is 8.70. The number of rotatable bonds is 24. The van der Waals surface area contributed by atoms with E-state index < -0.39 is 89.2 Å². The zero-order chi connectivity index (χ0) is 47.3. The van der Waals surface area contributed by atoms with Crippen molar-refractivity contribution in [2.45, 2.75) is 135 Å². The van der Waals surface area contributed by atoms with Crippen LogP contribution >= 0.6 is 0 Å². The molecular formula is C46H70N6O11. The van der Waals surface area contributed by atoms with E-state index in [1.54, 1.807) is 43.1 Å². The number of imide groups is 2. The van der Waals surface area contributed by atoms with Crippen molar-refractivity contribution in [2.24, 2.45) is 17.8 Å². The molecule has 0 radical (unpaired) electrons. The fourth-order valence-electron chi connectivity index (χ4n) is 8.70. The van der Waals surface area contributed by atoms with Crippen LogP contribution < -0.4 is 10.6 Å². The van der Waals surface area contributed by atoms with Crippen molar-refractivity contribution >= 4 is 47.3 Å². The molecule has 0 bridgehead atoms. The second-order valence-corrected chi connectivity index (χ2v) is 17.7. The number of hydrogen-bond donors (Lipinski definition) is 3. The minimum Gasteiger partial charge on any atom is -0.480 e. The van der Waals surface area contributed by atoms with E-state index >= 15 is 0 Å². The first-order valence-corrected chi connectivity index (χ1v) is 21.9. The van der Waals surface area contributed by atoms with E-state index in [-0.39, 0.29) is 50.0 Å². The topological polar surface area (TPSA) is 212 Å². The summed E-state index contributed by atoms with van der Waals surface area (Å²) >= 11 is 0. The van der Waals surface area contributed by atoms with E-state index in [4.69, 9.17) is 9.47 Å². The molecule has 3 N–H and O–H groups in total. The van der Waals surface area contributed by atoms with Crippen LogP contribution in [-0.4, -0.2) is 155 Å². The van der Waals surface area contributed by atoms with Crippen LogP contribution in [0, 0.1) is 17.8 Å². The van der Waals surface area contributed by atoms with E-state index in [1.807, 2.05) is 38.7 Å². The molecule has 2 aliphatic heterocycles. The zero-order valence-electron chi connectivity index (χ0n) is 38.9. The molecule has 0 unspecified atom stereocenters. The summed E-state index contributed by atoms with van der Waals surface area (Å²) in [5, 5.41) is 15.1. The van der Waals surface area contributed by atoms with Gasteiger partial charge in [0, 0.05) is 65.4 Å². The van der Waals surface area contributed by atoms with Gasteiger partial charge in [0.25, 0.3) is 17.7 Å².